The van der Waals surface area contributed by atoms with Crippen molar-refractivity contribution in [2.45, 2.75) is 12.8 Å². The number of nitrogens with zero attached hydrogens (tertiary/aromatic N) is 1. The van der Waals surface area contributed by atoms with Crippen LogP contribution in [0.1, 0.15) is 23.2 Å². The largest absolute Gasteiger partial charge is 0.454 e. The number of carbonyl (C=O) groups is 2. The summed E-state index contributed by atoms with van der Waals surface area (Å²) in [6, 6.07) is 4.97. The van der Waals surface area contributed by atoms with Gasteiger partial charge in [-0.25, -0.2) is 0 Å². The zero-order valence-corrected chi connectivity index (χ0v) is 11.1. The summed E-state index contributed by atoms with van der Waals surface area (Å²) in [4.78, 5) is 25.6. The van der Waals surface area contributed by atoms with Gasteiger partial charge in [0.05, 0.1) is 6.54 Å². The number of amides is 2. The molecule has 2 heterocycles. The quantitative estimate of drug-likeness (QED) is 0.885. The molecule has 6 heteroatoms. The monoisotopic (exact) mass is 276 g/mol. The Kier molecular flexibility index (Phi) is 3.45. The summed E-state index contributed by atoms with van der Waals surface area (Å²) in [6.07, 6.45) is 2.09. The Balaban J connectivity index is 1.57. The highest BCUT2D eigenvalue weighted by Gasteiger charge is 2.20. The molecule has 2 aliphatic heterocycles. The van der Waals surface area contributed by atoms with E-state index in [1.54, 1.807) is 23.1 Å². The molecular weight excluding hydrogens is 260 g/mol. The molecule has 0 unspecified atom stereocenters. The fourth-order valence-electron chi connectivity index (χ4n) is 2.37. The summed E-state index contributed by atoms with van der Waals surface area (Å²) in [7, 11) is 0. The minimum atomic E-state index is -0.282. The van der Waals surface area contributed by atoms with Crippen LogP contribution in [0.2, 0.25) is 0 Å². The van der Waals surface area contributed by atoms with Crippen molar-refractivity contribution >= 4 is 11.8 Å². The number of nitrogens with one attached hydrogen (secondary N) is 1. The van der Waals surface area contributed by atoms with Gasteiger partial charge in [0.1, 0.15) is 0 Å². The van der Waals surface area contributed by atoms with E-state index in [4.69, 9.17) is 9.47 Å². The number of rotatable bonds is 3. The molecule has 0 spiro atoms. The van der Waals surface area contributed by atoms with Crippen molar-refractivity contribution < 1.29 is 19.1 Å². The predicted molar refractivity (Wildman–Crippen MR) is 70.7 cm³/mol. The fraction of sp³-hybridized carbons (Fsp3) is 0.429. The highest BCUT2D eigenvalue weighted by atomic mass is 16.7. The van der Waals surface area contributed by atoms with Gasteiger partial charge in [-0.15, -0.1) is 0 Å². The van der Waals surface area contributed by atoms with Crippen LogP contribution in [0.15, 0.2) is 18.2 Å². The summed E-state index contributed by atoms with van der Waals surface area (Å²) in [5.74, 6) is 0.880. The number of fused-ring (bicyclic) bond motifs is 1. The van der Waals surface area contributed by atoms with E-state index in [9.17, 15) is 9.59 Å². The van der Waals surface area contributed by atoms with Gasteiger partial charge >= 0.3 is 0 Å². The molecule has 1 saturated heterocycles. The third kappa shape index (κ3) is 2.54. The van der Waals surface area contributed by atoms with E-state index in [1.807, 2.05) is 0 Å². The van der Waals surface area contributed by atoms with E-state index in [-0.39, 0.29) is 25.2 Å². The van der Waals surface area contributed by atoms with Crippen molar-refractivity contribution in [3.8, 4) is 11.5 Å². The molecule has 2 aliphatic rings. The van der Waals surface area contributed by atoms with Crippen molar-refractivity contribution in [1.29, 1.82) is 0 Å². The van der Waals surface area contributed by atoms with Gasteiger partial charge in [0, 0.05) is 18.7 Å². The first kappa shape index (κ1) is 12.8. The Morgan fingerprint density at radius 2 is 1.90 bits per heavy atom. The topological polar surface area (TPSA) is 67.9 Å². The Hall–Kier alpha value is -2.24. The molecule has 0 aromatic heterocycles. The molecule has 3 rings (SSSR count). The van der Waals surface area contributed by atoms with Gasteiger partial charge in [-0.1, -0.05) is 0 Å². The Morgan fingerprint density at radius 1 is 1.15 bits per heavy atom. The lowest BCUT2D eigenvalue weighted by atomic mass is 10.2. The summed E-state index contributed by atoms with van der Waals surface area (Å²) < 4.78 is 10.4. The Labute approximate surface area is 116 Å². The van der Waals surface area contributed by atoms with E-state index >= 15 is 0 Å². The number of benzene rings is 1. The highest BCUT2D eigenvalue weighted by molar-refractivity contribution is 5.97. The van der Waals surface area contributed by atoms with Crippen LogP contribution in [0.5, 0.6) is 11.5 Å². The van der Waals surface area contributed by atoms with Gasteiger partial charge < -0.3 is 19.7 Å². The van der Waals surface area contributed by atoms with E-state index in [0.29, 0.717) is 17.1 Å². The molecule has 1 aromatic rings. The Morgan fingerprint density at radius 3 is 2.70 bits per heavy atom. The average Bonchev–Trinajstić information content (AvgIpc) is 3.13. The lowest BCUT2D eigenvalue weighted by molar-refractivity contribution is -0.129. The molecule has 1 fully saturated rings. The van der Waals surface area contributed by atoms with Gasteiger partial charge in [-0.05, 0) is 31.0 Å². The molecular formula is C14H16N2O4. The standard InChI is InChI=1S/C14H16N2O4/c17-13(16-5-1-2-6-16)8-15-14(18)10-3-4-11-12(7-10)20-9-19-11/h3-4,7H,1-2,5-6,8-9H2,(H,15,18). The zero-order valence-electron chi connectivity index (χ0n) is 11.1. The fourth-order valence-corrected chi connectivity index (χ4v) is 2.37. The summed E-state index contributed by atoms with van der Waals surface area (Å²) in [5, 5.41) is 2.64. The molecule has 6 nitrogen and oxygen atoms in total. The van der Waals surface area contributed by atoms with Crippen LogP contribution in [0.25, 0.3) is 0 Å². The first-order valence-electron chi connectivity index (χ1n) is 6.70. The van der Waals surface area contributed by atoms with Crippen LogP contribution in [0.4, 0.5) is 0 Å². The van der Waals surface area contributed by atoms with E-state index in [2.05, 4.69) is 5.32 Å². The summed E-state index contributed by atoms with van der Waals surface area (Å²) in [5.41, 5.74) is 0.462. The first-order valence-corrected chi connectivity index (χ1v) is 6.70. The van der Waals surface area contributed by atoms with Gasteiger partial charge in [-0.2, -0.15) is 0 Å². The third-order valence-corrected chi connectivity index (χ3v) is 3.49. The Bertz CT molecular complexity index is 538. The van der Waals surface area contributed by atoms with Crippen LogP contribution in [-0.4, -0.2) is 43.1 Å². The zero-order chi connectivity index (χ0) is 13.9. The maximum atomic E-state index is 12.0. The van der Waals surface area contributed by atoms with Crippen molar-refractivity contribution in [2.24, 2.45) is 0 Å². The number of hydrogen-bond acceptors (Lipinski definition) is 4. The van der Waals surface area contributed by atoms with Gasteiger partial charge in [0.2, 0.25) is 12.7 Å². The number of carbonyl (C=O) groups excluding carboxylic acids is 2. The molecule has 106 valence electrons. The smallest absolute Gasteiger partial charge is 0.251 e. The van der Waals surface area contributed by atoms with Crippen molar-refractivity contribution in [1.82, 2.24) is 10.2 Å². The third-order valence-electron chi connectivity index (χ3n) is 3.49. The van der Waals surface area contributed by atoms with Crippen LogP contribution in [0.3, 0.4) is 0 Å². The molecule has 1 N–H and O–H groups in total. The lowest BCUT2D eigenvalue weighted by Gasteiger charge is -2.15. The maximum absolute atomic E-state index is 12.0. The van der Waals surface area contributed by atoms with Gasteiger partial charge in [-0.3, -0.25) is 9.59 Å². The van der Waals surface area contributed by atoms with Crippen LogP contribution in [-0.2, 0) is 4.79 Å². The molecule has 0 atom stereocenters. The molecule has 0 aliphatic carbocycles. The molecule has 2 amide bonds. The predicted octanol–water partition coefficient (Wildman–Crippen LogP) is 0.767. The second kappa shape index (κ2) is 5.40. The summed E-state index contributed by atoms with van der Waals surface area (Å²) >= 11 is 0. The van der Waals surface area contributed by atoms with Gasteiger partial charge in [0.15, 0.2) is 11.5 Å². The number of ether oxygens (including phenoxy) is 2. The van der Waals surface area contributed by atoms with E-state index < -0.39 is 0 Å². The van der Waals surface area contributed by atoms with Crippen molar-refractivity contribution in [3.63, 3.8) is 0 Å². The second-order valence-corrected chi connectivity index (χ2v) is 4.84. The van der Waals surface area contributed by atoms with Crippen molar-refractivity contribution in [2.75, 3.05) is 26.4 Å². The van der Waals surface area contributed by atoms with Crippen LogP contribution >= 0.6 is 0 Å². The van der Waals surface area contributed by atoms with Crippen LogP contribution in [0, 0.1) is 0 Å². The normalized spacial score (nSPS) is 16.3. The van der Waals surface area contributed by atoms with Crippen LogP contribution < -0.4 is 14.8 Å². The van der Waals surface area contributed by atoms with E-state index in [1.165, 1.54) is 0 Å². The molecule has 0 saturated carbocycles. The average molecular weight is 276 g/mol. The maximum Gasteiger partial charge on any atom is 0.251 e. The minimum Gasteiger partial charge on any atom is -0.454 e. The molecule has 1 aromatic carbocycles. The van der Waals surface area contributed by atoms with Gasteiger partial charge in [0.25, 0.3) is 5.91 Å². The van der Waals surface area contributed by atoms with Crippen molar-refractivity contribution in [3.05, 3.63) is 23.8 Å². The molecule has 0 bridgehead atoms. The highest BCUT2D eigenvalue weighted by Crippen LogP contribution is 2.32. The number of likely N-dealkylation sites (tertiary alicyclic amines) is 1. The summed E-state index contributed by atoms with van der Waals surface area (Å²) in [6.45, 7) is 1.79. The number of hydrogen-bond donors (Lipinski definition) is 1. The molecule has 0 radical (unpaired) electrons. The van der Waals surface area contributed by atoms with E-state index in [0.717, 1.165) is 25.9 Å². The second-order valence-electron chi connectivity index (χ2n) is 4.84. The molecule has 20 heavy (non-hydrogen) atoms. The SMILES string of the molecule is O=C(NCC(=O)N1CCCC1)c1ccc2c(c1)OCO2. The lowest BCUT2D eigenvalue weighted by Crippen LogP contribution is -2.38. The first-order chi connectivity index (χ1) is 9.74. The minimum absolute atomic E-state index is 0.0309.